The van der Waals surface area contributed by atoms with Crippen LogP contribution in [-0.4, -0.2) is 40.4 Å². The van der Waals surface area contributed by atoms with Crippen LogP contribution in [0, 0.1) is 0 Å². The zero-order chi connectivity index (χ0) is 14.2. The Balaban J connectivity index is 1.92. The maximum Gasteiger partial charge on any atom is 0.272 e. The van der Waals surface area contributed by atoms with Crippen LogP contribution in [0.25, 0.3) is 0 Å². The van der Waals surface area contributed by atoms with Crippen molar-refractivity contribution >= 4 is 11.9 Å². The molecule has 0 spiro atoms. The van der Waals surface area contributed by atoms with E-state index in [9.17, 15) is 4.79 Å². The first kappa shape index (κ1) is 14.8. The standard InChI is InChI=1S/C15H24N4O/c1-2-3-5-9-16-15-17-10-8-13(18-15)14(20)19-11-6-4-7-12-19/h8,10H,2-7,9,11-12H2,1H3,(H,16,17,18). The molecule has 0 saturated carbocycles. The van der Waals surface area contributed by atoms with Gasteiger partial charge in [-0.3, -0.25) is 4.79 Å². The fraction of sp³-hybridized carbons (Fsp3) is 0.667. The molecule has 1 fully saturated rings. The zero-order valence-corrected chi connectivity index (χ0v) is 12.3. The minimum atomic E-state index is 0.0312. The number of hydrogen-bond donors (Lipinski definition) is 1. The lowest BCUT2D eigenvalue weighted by Gasteiger charge is -2.26. The van der Waals surface area contributed by atoms with E-state index in [2.05, 4.69) is 22.2 Å². The summed E-state index contributed by atoms with van der Waals surface area (Å²) in [6, 6.07) is 1.70. The van der Waals surface area contributed by atoms with Gasteiger partial charge in [0.1, 0.15) is 5.69 Å². The topological polar surface area (TPSA) is 58.1 Å². The van der Waals surface area contributed by atoms with Crippen LogP contribution in [0.1, 0.15) is 55.9 Å². The number of nitrogens with one attached hydrogen (secondary N) is 1. The number of amides is 1. The number of carbonyl (C=O) groups excluding carboxylic acids is 1. The molecule has 1 aliphatic rings. The highest BCUT2D eigenvalue weighted by Crippen LogP contribution is 2.12. The number of hydrogen-bond acceptors (Lipinski definition) is 4. The Morgan fingerprint density at radius 3 is 2.85 bits per heavy atom. The van der Waals surface area contributed by atoms with Gasteiger partial charge in [-0.25, -0.2) is 9.97 Å². The number of carbonyl (C=O) groups is 1. The van der Waals surface area contributed by atoms with Crippen LogP contribution in [0.3, 0.4) is 0 Å². The van der Waals surface area contributed by atoms with E-state index in [4.69, 9.17) is 0 Å². The molecule has 2 heterocycles. The second-order valence-corrected chi connectivity index (χ2v) is 5.25. The molecular weight excluding hydrogens is 252 g/mol. The Hall–Kier alpha value is -1.65. The van der Waals surface area contributed by atoms with Crippen LogP contribution in [-0.2, 0) is 0 Å². The molecular formula is C15H24N4O. The second-order valence-electron chi connectivity index (χ2n) is 5.25. The van der Waals surface area contributed by atoms with E-state index in [1.165, 1.54) is 19.3 Å². The van der Waals surface area contributed by atoms with Crippen molar-refractivity contribution in [1.29, 1.82) is 0 Å². The van der Waals surface area contributed by atoms with Gasteiger partial charge in [0.05, 0.1) is 0 Å². The lowest BCUT2D eigenvalue weighted by molar-refractivity contribution is 0.0718. The van der Waals surface area contributed by atoms with Gasteiger partial charge in [-0.15, -0.1) is 0 Å². The molecule has 0 bridgehead atoms. The van der Waals surface area contributed by atoms with Gasteiger partial charge in [0, 0.05) is 25.8 Å². The van der Waals surface area contributed by atoms with Gasteiger partial charge in [-0.2, -0.15) is 0 Å². The minimum absolute atomic E-state index is 0.0312. The van der Waals surface area contributed by atoms with Crippen molar-refractivity contribution < 1.29 is 4.79 Å². The highest BCUT2D eigenvalue weighted by molar-refractivity contribution is 5.92. The summed E-state index contributed by atoms with van der Waals surface area (Å²) in [6.45, 7) is 4.73. The third-order valence-electron chi connectivity index (χ3n) is 3.58. The molecule has 1 N–H and O–H groups in total. The summed E-state index contributed by atoms with van der Waals surface area (Å²) >= 11 is 0. The molecule has 0 aliphatic carbocycles. The minimum Gasteiger partial charge on any atom is -0.354 e. The maximum absolute atomic E-state index is 12.3. The quantitative estimate of drug-likeness (QED) is 0.812. The van der Waals surface area contributed by atoms with Crippen LogP contribution < -0.4 is 5.32 Å². The lowest BCUT2D eigenvalue weighted by Crippen LogP contribution is -2.36. The summed E-state index contributed by atoms with van der Waals surface area (Å²) < 4.78 is 0. The molecule has 1 aliphatic heterocycles. The van der Waals surface area contributed by atoms with E-state index in [-0.39, 0.29) is 5.91 Å². The van der Waals surface area contributed by atoms with Crippen molar-refractivity contribution in [3.8, 4) is 0 Å². The summed E-state index contributed by atoms with van der Waals surface area (Å²) in [4.78, 5) is 22.7. The molecule has 1 aromatic heterocycles. The molecule has 0 atom stereocenters. The molecule has 5 heteroatoms. The number of rotatable bonds is 6. The molecule has 1 aromatic rings. The van der Waals surface area contributed by atoms with Crippen LogP contribution >= 0.6 is 0 Å². The van der Waals surface area contributed by atoms with Crippen LogP contribution in [0.4, 0.5) is 5.95 Å². The van der Waals surface area contributed by atoms with E-state index < -0.39 is 0 Å². The van der Waals surface area contributed by atoms with Crippen molar-refractivity contribution in [2.45, 2.75) is 45.4 Å². The fourth-order valence-electron chi connectivity index (χ4n) is 2.40. The predicted molar refractivity (Wildman–Crippen MR) is 79.8 cm³/mol. The maximum atomic E-state index is 12.3. The number of likely N-dealkylation sites (tertiary alicyclic amines) is 1. The van der Waals surface area contributed by atoms with Gasteiger partial charge in [0.25, 0.3) is 5.91 Å². The van der Waals surface area contributed by atoms with Gasteiger partial charge in [-0.05, 0) is 31.7 Å². The average Bonchev–Trinajstić information content (AvgIpc) is 2.52. The Labute approximate surface area is 120 Å². The summed E-state index contributed by atoms with van der Waals surface area (Å²) in [6.07, 6.45) is 8.56. The van der Waals surface area contributed by atoms with E-state index in [0.717, 1.165) is 38.9 Å². The highest BCUT2D eigenvalue weighted by atomic mass is 16.2. The number of piperidine rings is 1. The van der Waals surface area contributed by atoms with Gasteiger partial charge in [0.2, 0.25) is 5.95 Å². The van der Waals surface area contributed by atoms with Crippen molar-refractivity contribution in [3.05, 3.63) is 18.0 Å². The molecule has 1 amide bonds. The molecule has 110 valence electrons. The predicted octanol–water partition coefficient (Wildman–Crippen LogP) is 2.70. The van der Waals surface area contributed by atoms with Gasteiger partial charge in [0.15, 0.2) is 0 Å². The highest BCUT2D eigenvalue weighted by Gasteiger charge is 2.19. The van der Waals surface area contributed by atoms with Crippen molar-refractivity contribution in [3.63, 3.8) is 0 Å². The molecule has 20 heavy (non-hydrogen) atoms. The Morgan fingerprint density at radius 1 is 1.30 bits per heavy atom. The number of aromatic nitrogens is 2. The Morgan fingerprint density at radius 2 is 2.10 bits per heavy atom. The summed E-state index contributed by atoms with van der Waals surface area (Å²) in [5, 5.41) is 3.18. The van der Waals surface area contributed by atoms with E-state index in [1.807, 2.05) is 4.90 Å². The lowest BCUT2D eigenvalue weighted by atomic mass is 10.1. The van der Waals surface area contributed by atoms with Crippen LogP contribution in [0.15, 0.2) is 12.3 Å². The summed E-state index contributed by atoms with van der Waals surface area (Å²) in [7, 11) is 0. The normalized spacial score (nSPS) is 15.2. The fourth-order valence-corrected chi connectivity index (χ4v) is 2.40. The first-order valence-electron chi connectivity index (χ1n) is 7.67. The van der Waals surface area contributed by atoms with E-state index >= 15 is 0 Å². The molecule has 0 aromatic carbocycles. The van der Waals surface area contributed by atoms with E-state index in [1.54, 1.807) is 12.3 Å². The second kappa shape index (κ2) is 7.82. The molecule has 0 radical (unpaired) electrons. The first-order chi connectivity index (χ1) is 9.81. The Kier molecular flexibility index (Phi) is 5.77. The smallest absolute Gasteiger partial charge is 0.272 e. The molecule has 1 saturated heterocycles. The number of unbranched alkanes of at least 4 members (excludes halogenated alkanes) is 2. The largest absolute Gasteiger partial charge is 0.354 e. The summed E-state index contributed by atoms with van der Waals surface area (Å²) in [5.74, 6) is 0.590. The molecule has 5 nitrogen and oxygen atoms in total. The first-order valence-corrected chi connectivity index (χ1v) is 7.67. The van der Waals surface area contributed by atoms with Gasteiger partial charge in [-0.1, -0.05) is 19.8 Å². The third-order valence-corrected chi connectivity index (χ3v) is 3.58. The van der Waals surface area contributed by atoms with Gasteiger partial charge >= 0.3 is 0 Å². The Bertz CT molecular complexity index is 430. The number of anilines is 1. The van der Waals surface area contributed by atoms with Crippen molar-refractivity contribution in [2.24, 2.45) is 0 Å². The van der Waals surface area contributed by atoms with Crippen LogP contribution in [0.2, 0.25) is 0 Å². The van der Waals surface area contributed by atoms with Crippen molar-refractivity contribution in [1.82, 2.24) is 14.9 Å². The number of nitrogens with zero attached hydrogens (tertiary/aromatic N) is 3. The van der Waals surface area contributed by atoms with Gasteiger partial charge < -0.3 is 10.2 Å². The third kappa shape index (κ3) is 4.18. The van der Waals surface area contributed by atoms with Crippen LogP contribution in [0.5, 0.6) is 0 Å². The van der Waals surface area contributed by atoms with Crippen molar-refractivity contribution in [2.75, 3.05) is 25.0 Å². The monoisotopic (exact) mass is 276 g/mol. The summed E-state index contributed by atoms with van der Waals surface area (Å²) in [5.41, 5.74) is 0.500. The average molecular weight is 276 g/mol. The molecule has 0 unspecified atom stereocenters. The zero-order valence-electron chi connectivity index (χ0n) is 12.3. The molecule has 2 rings (SSSR count). The van der Waals surface area contributed by atoms with E-state index in [0.29, 0.717) is 11.6 Å². The SMILES string of the molecule is CCCCCNc1nccc(C(=O)N2CCCCC2)n1.